The van der Waals surface area contributed by atoms with Crippen molar-refractivity contribution in [2.75, 3.05) is 7.11 Å². The number of nitrogens with zero attached hydrogens (tertiary/aromatic N) is 1. The average molecular weight is 221 g/mol. The van der Waals surface area contributed by atoms with Crippen molar-refractivity contribution in [3.05, 3.63) is 35.4 Å². The summed E-state index contributed by atoms with van der Waals surface area (Å²) in [6, 6.07) is 6.47. The summed E-state index contributed by atoms with van der Waals surface area (Å²) in [7, 11) is 1.30. The van der Waals surface area contributed by atoms with Gasteiger partial charge in [-0.2, -0.15) is 0 Å². The molecule has 0 aliphatic rings. The third-order valence-electron chi connectivity index (χ3n) is 2.01. The molecule has 0 aliphatic heterocycles. The first-order valence-corrected chi connectivity index (χ1v) is 4.55. The zero-order valence-corrected chi connectivity index (χ0v) is 8.75. The Balaban J connectivity index is 2.74. The van der Waals surface area contributed by atoms with E-state index in [-0.39, 0.29) is 6.54 Å². The lowest BCUT2D eigenvalue weighted by Gasteiger charge is -2.08. The summed E-state index contributed by atoms with van der Waals surface area (Å²) in [5.41, 5.74) is 1.18. The third-order valence-corrected chi connectivity index (χ3v) is 2.01. The van der Waals surface area contributed by atoms with Gasteiger partial charge in [-0.3, -0.25) is 14.5 Å². The van der Waals surface area contributed by atoms with Crippen LogP contribution >= 0.6 is 0 Å². The van der Waals surface area contributed by atoms with E-state index in [1.807, 2.05) is 0 Å². The first-order chi connectivity index (χ1) is 7.71. The van der Waals surface area contributed by atoms with Crippen molar-refractivity contribution in [3.63, 3.8) is 0 Å². The lowest BCUT2D eigenvalue weighted by Crippen LogP contribution is -2.18. The topological polar surface area (TPSA) is 63.7 Å². The highest BCUT2D eigenvalue weighted by Gasteiger charge is 2.05. The number of hydrogen-bond acceptors (Lipinski definition) is 4. The number of benzene rings is 1. The highest BCUT2D eigenvalue weighted by atomic mass is 16.5. The van der Waals surface area contributed by atoms with Crippen LogP contribution < -0.4 is 0 Å². The smallest absolute Gasteiger partial charge is 0.337 e. The minimum Gasteiger partial charge on any atom is -0.465 e. The third kappa shape index (κ3) is 2.91. The first kappa shape index (κ1) is 11.9. The molecule has 0 atom stereocenters. The summed E-state index contributed by atoms with van der Waals surface area (Å²) >= 11 is 0. The molecule has 0 N–H and O–H groups in total. The summed E-state index contributed by atoms with van der Waals surface area (Å²) in [4.78, 5) is 32.8. The predicted octanol–water partition coefficient (Wildman–Crippen LogP) is 0.588. The van der Waals surface area contributed by atoms with Crippen LogP contribution in [0.3, 0.4) is 0 Å². The highest BCUT2D eigenvalue weighted by Crippen LogP contribution is 2.07. The molecule has 0 saturated heterocycles. The molecule has 0 unspecified atom stereocenters. The summed E-state index contributed by atoms with van der Waals surface area (Å²) < 4.78 is 4.54. The van der Waals surface area contributed by atoms with Gasteiger partial charge in [-0.15, -0.1) is 0 Å². The lowest BCUT2D eigenvalue weighted by molar-refractivity contribution is -0.129. The molecule has 5 nitrogen and oxygen atoms in total. The Morgan fingerprint density at radius 1 is 1.25 bits per heavy atom. The van der Waals surface area contributed by atoms with Crippen molar-refractivity contribution in [2.24, 2.45) is 0 Å². The molecule has 16 heavy (non-hydrogen) atoms. The minimum atomic E-state index is -0.422. The molecule has 0 aliphatic carbocycles. The van der Waals surface area contributed by atoms with E-state index in [2.05, 4.69) is 4.74 Å². The van der Waals surface area contributed by atoms with E-state index in [0.29, 0.717) is 18.4 Å². The Morgan fingerprint density at radius 2 is 1.81 bits per heavy atom. The maximum absolute atomic E-state index is 11.1. The number of hydrogen-bond donors (Lipinski definition) is 0. The van der Waals surface area contributed by atoms with Gasteiger partial charge >= 0.3 is 5.97 Å². The number of rotatable bonds is 5. The first-order valence-electron chi connectivity index (χ1n) is 4.55. The van der Waals surface area contributed by atoms with Crippen molar-refractivity contribution in [3.8, 4) is 0 Å². The molecule has 0 radical (unpaired) electrons. The zero-order valence-electron chi connectivity index (χ0n) is 8.75. The molecular formula is C11H11NO4. The van der Waals surface area contributed by atoms with Gasteiger partial charge in [0.2, 0.25) is 12.8 Å². The molecular weight excluding hydrogens is 210 g/mol. The van der Waals surface area contributed by atoms with Gasteiger partial charge in [0.25, 0.3) is 0 Å². The monoisotopic (exact) mass is 221 g/mol. The molecule has 1 aromatic rings. The Morgan fingerprint density at radius 3 is 2.25 bits per heavy atom. The fourth-order valence-corrected chi connectivity index (χ4v) is 1.17. The Hall–Kier alpha value is -2.17. The second kappa shape index (κ2) is 5.65. The van der Waals surface area contributed by atoms with Crippen molar-refractivity contribution < 1.29 is 19.1 Å². The van der Waals surface area contributed by atoms with E-state index in [1.54, 1.807) is 24.3 Å². The number of methoxy groups -OCH3 is 1. The molecule has 0 saturated carbocycles. The predicted molar refractivity (Wildman–Crippen MR) is 55.5 cm³/mol. The van der Waals surface area contributed by atoms with Gasteiger partial charge < -0.3 is 4.74 Å². The van der Waals surface area contributed by atoms with Crippen LogP contribution in [0.15, 0.2) is 24.3 Å². The van der Waals surface area contributed by atoms with Gasteiger partial charge in [-0.05, 0) is 17.7 Å². The molecule has 5 heteroatoms. The minimum absolute atomic E-state index is 0.189. The van der Waals surface area contributed by atoms with E-state index >= 15 is 0 Å². The normalized spacial score (nSPS) is 9.31. The van der Waals surface area contributed by atoms with Crippen LogP contribution in [-0.4, -0.2) is 30.8 Å². The fourth-order valence-electron chi connectivity index (χ4n) is 1.17. The Kier molecular flexibility index (Phi) is 4.20. The zero-order chi connectivity index (χ0) is 12.0. The summed E-state index contributed by atoms with van der Waals surface area (Å²) in [6.45, 7) is 0.189. The molecule has 84 valence electrons. The standard InChI is InChI=1S/C11H11NO4/c1-16-11(15)10-4-2-9(3-5-10)6-12(7-13)8-14/h2-5,7-8H,6H2,1H3. The molecule has 1 rings (SSSR count). The van der Waals surface area contributed by atoms with Gasteiger partial charge in [0, 0.05) is 0 Å². The summed E-state index contributed by atoms with van der Waals surface area (Å²) in [5.74, 6) is -0.422. The molecule has 0 fully saturated rings. The van der Waals surface area contributed by atoms with E-state index in [1.165, 1.54) is 7.11 Å². The fraction of sp³-hybridized carbons (Fsp3) is 0.182. The Bertz CT molecular complexity index is 377. The molecule has 0 spiro atoms. The molecule has 1 aromatic carbocycles. The van der Waals surface area contributed by atoms with E-state index in [4.69, 9.17) is 0 Å². The molecule has 0 heterocycles. The van der Waals surface area contributed by atoms with Crippen molar-refractivity contribution >= 4 is 18.8 Å². The number of ether oxygens (including phenoxy) is 1. The maximum atomic E-state index is 11.1. The van der Waals surface area contributed by atoms with Crippen LogP contribution in [0.1, 0.15) is 15.9 Å². The van der Waals surface area contributed by atoms with Crippen LogP contribution in [0.25, 0.3) is 0 Å². The Labute approximate surface area is 92.6 Å². The van der Waals surface area contributed by atoms with Crippen LogP contribution in [0, 0.1) is 0 Å². The highest BCUT2D eigenvalue weighted by molar-refractivity contribution is 5.89. The number of amides is 2. The number of carbonyl (C=O) groups is 3. The largest absolute Gasteiger partial charge is 0.465 e. The quantitative estimate of drug-likeness (QED) is 0.539. The van der Waals surface area contributed by atoms with Crippen LogP contribution in [-0.2, 0) is 20.9 Å². The van der Waals surface area contributed by atoms with Crippen LogP contribution in [0.4, 0.5) is 0 Å². The van der Waals surface area contributed by atoms with E-state index < -0.39 is 5.97 Å². The van der Waals surface area contributed by atoms with Crippen molar-refractivity contribution in [1.82, 2.24) is 4.90 Å². The van der Waals surface area contributed by atoms with Gasteiger partial charge in [-0.1, -0.05) is 12.1 Å². The number of carbonyl (C=O) groups excluding carboxylic acids is 3. The molecule has 0 bridgehead atoms. The van der Waals surface area contributed by atoms with Crippen molar-refractivity contribution in [2.45, 2.75) is 6.54 Å². The van der Waals surface area contributed by atoms with Crippen molar-refractivity contribution in [1.29, 1.82) is 0 Å². The summed E-state index contributed by atoms with van der Waals surface area (Å²) in [6.07, 6.45) is 0.891. The SMILES string of the molecule is COC(=O)c1ccc(CN(C=O)C=O)cc1. The second-order valence-corrected chi connectivity index (χ2v) is 3.07. The van der Waals surface area contributed by atoms with E-state index in [9.17, 15) is 14.4 Å². The number of esters is 1. The second-order valence-electron chi connectivity index (χ2n) is 3.07. The number of imide groups is 1. The van der Waals surface area contributed by atoms with E-state index in [0.717, 1.165) is 10.5 Å². The van der Waals surface area contributed by atoms with Gasteiger partial charge in [-0.25, -0.2) is 4.79 Å². The average Bonchev–Trinajstić information content (AvgIpc) is 2.35. The molecule has 2 amide bonds. The molecule has 0 aromatic heterocycles. The van der Waals surface area contributed by atoms with Crippen LogP contribution in [0.5, 0.6) is 0 Å². The van der Waals surface area contributed by atoms with Crippen LogP contribution in [0.2, 0.25) is 0 Å². The lowest BCUT2D eigenvalue weighted by atomic mass is 10.1. The van der Waals surface area contributed by atoms with Gasteiger partial charge in [0.1, 0.15) is 0 Å². The van der Waals surface area contributed by atoms with Gasteiger partial charge in [0.15, 0.2) is 0 Å². The van der Waals surface area contributed by atoms with Gasteiger partial charge in [0.05, 0.1) is 19.2 Å². The summed E-state index contributed by atoms with van der Waals surface area (Å²) in [5, 5.41) is 0. The maximum Gasteiger partial charge on any atom is 0.337 e.